The minimum atomic E-state index is 0.442. The fourth-order valence-electron chi connectivity index (χ4n) is 1.36. The fourth-order valence-corrected chi connectivity index (χ4v) is 1.36. The molecule has 1 aromatic rings. The number of benzene rings is 1. The minimum absolute atomic E-state index is 0.442. The van der Waals surface area contributed by atoms with Crippen molar-refractivity contribution in [2.45, 2.75) is 26.2 Å². The van der Waals surface area contributed by atoms with Crippen LogP contribution in [0, 0.1) is 11.8 Å². The lowest BCUT2D eigenvalue weighted by Gasteiger charge is -1.97. The van der Waals surface area contributed by atoms with Crippen molar-refractivity contribution >= 4 is 0 Å². The maximum Gasteiger partial charge on any atom is 0.0367 e. The van der Waals surface area contributed by atoms with Gasteiger partial charge < -0.3 is 0 Å². The number of azide groups is 1. The summed E-state index contributed by atoms with van der Waals surface area (Å²) >= 11 is 0. The molecule has 3 nitrogen and oxygen atoms in total. The Morgan fingerprint density at radius 1 is 1.31 bits per heavy atom. The maximum absolute atomic E-state index is 8.07. The van der Waals surface area contributed by atoms with Gasteiger partial charge in [0.2, 0.25) is 0 Å². The van der Waals surface area contributed by atoms with Gasteiger partial charge in [0.25, 0.3) is 0 Å². The second-order valence-corrected chi connectivity index (χ2v) is 3.45. The average Bonchev–Trinajstić information content (AvgIpc) is 2.31. The van der Waals surface area contributed by atoms with Gasteiger partial charge in [0, 0.05) is 23.4 Å². The molecular weight excluding hydrogens is 198 g/mol. The summed E-state index contributed by atoms with van der Waals surface area (Å²) in [5.74, 6) is 6.01. The highest BCUT2D eigenvalue weighted by Gasteiger charge is 1.90. The first-order valence-electron chi connectivity index (χ1n) is 5.45. The second kappa shape index (κ2) is 7.39. The second-order valence-electron chi connectivity index (χ2n) is 3.45. The Hall–Kier alpha value is -1.91. The molecule has 0 spiro atoms. The van der Waals surface area contributed by atoms with Crippen LogP contribution < -0.4 is 0 Å². The predicted octanol–water partition coefficient (Wildman–Crippen LogP) is 3.69. The molecule has 0 saturated heterocycles. The molecule has 0 aliphatic heterocycles. The smallest absolute Gasteiger partial charge is 0.0367 e. The molecule has 0 radical (unpaired) electrons. The Morgan fingerprint density at radius 3 is 2.69 bits per heavy atom. The van der Waals surface area contributed by atoms with Crippen LogP contribution >= 0.6 is 0 Å². The molecule has 82 valence electrons. The topological polar surface area (TPSA) is 48.8 Å². The summed E-state index contributed by atoms with van der Waals surface area (Å²) in [7, 11) is 0. The van der Waals surface area contributed by atoms with Gasteiger partial charge in [-0.25, -0.2) is 0 Å². The SMILES string of the molecule is CCCc1ccc(C#CCCN=[N+]=[N-])cc1. The Kier molecular flexibility index (Phi) is 5.62. The Balaban J connectivity index is 2.50. The molecule has 0 bridgehead atoms. The fraction of sp³-hybridized carbons (Fsp3) is 0.385. The minimum Gasteiger partial charge on any atom is -0.0978 e. The first-order valence-corrected chi connectivity index (χ1v) is 5.45. The average molecular weight is 213 g/mol. The van der Waals surface area contributed by atoms with E-state index in [2.05, 4.69) is 40.9 Å². The zero-order valence-electron chi connectivity index (χ0n) is 9.48. The summed E-state index contributed by atoms with van der Waals surface area (Å²) in [4.78, 5) is 2.67. The summed E-state index contributed by atoms with van der Waals surface area (Å²) in [5, 5.41) is 3.42. The number of aryl methyl sites for hydroxylation is 1. The molecule has 0 amide bonds. The predicted molar refractivity (Wildman–Crippen MR) is 65.9 cm³/mol. The van der Waals surface area contributed by atoms with Crippen LogP contribution in [0.4, 0.5) is 0 Å². The highest BCUT2D eigenvalue weighted by atomic mass is 15.1. The molecule has 0 aliphatic carbocycles. The van der Waals surface area contributed by atoms with Gasteiger partial charge in [0.05, 0.1) is 0 Å². The first-order chi connectivity index (χ1) is 7.86. The highest BCUT2D eigenvalue weighted by Crippen LogP contribution is 2.05. The van der Waals surface area contributed by atoms with E-state index in [0.717, 1.165) is 18.4 Å². The van der Waals surface area contributed by atoms with Crippen molar-refractivity contribution in [1.82, 2.24) is 0 Å². The molecule has 0 unspecified atom stereocenters. The van der Waals surface area contributed by atoms with E-state index in [1.165, 1.54) is 5.56 Å². The summed E-state index contributed by atoms with van der Waals surface area (Å²) in [6.07, 6.45) is 2.89. The lowest BCUT2D eigenvalue weighted by molar-refractivity contribution is 0.922. The van der Waals surface area contributed by atoms with Crippen molar-refractivity contribution in [3.05, 3.63) is 45.8 Å². The standard InChI is InChI=1S/C13H15N3/c1-2-5-12-7-9-13(10-8-12)6-3-4-11-15-16-14/h7-10H,2,4-5,11H2,1H3. The van der Waals surface area contributed by atoms with E-state index in [0.29, 0.717) is 13.0 Å². The van der Waals surface area contributed by atoms with Crippen molar-refractivity contribution in [3.63, 3.8) is 0 Å². The van der Waals surface area contributed by atoms with E-state index in [9.17, 15) is 0 Å². The number of hydrogen-bond acceptors (Lipinski definition) is 1. The van der Waals surface area contributed by atoms with Crippen molar-refractivity contribution in [1.29, 1.82) is 0 Å². The van der Waals surface area contributed by atoms with Crippen molar-refractivity contribution in [2.24, 2.45) is 5.11 Å². The van der Waals surface area contributed by atoms with E-state index >= 15 is 0 Å². The summed E-state index contributed by atoms with van der Waals surface area (Å²) in [5.41, 5.74) is 10.4. The molecule has 0 heterocycles. The van der Waals surface area contributed by atoms with Gasteiger partial charge in [-0.15, -0.1) is 0 Å². The lowest BCUT2D eigenvalue weighted by atomic mass is 10.1. The molecule has 0 atom stereocenters. The van der Waals surface area contributed by atoms with E-state index in [-0.39, 0.29) is 0 Å². The monoisotopic (exact) mass is 213 g/mol. The van der Waals surface area contributed by atoms with Crippen LogP contribution in [0.3, 0.4) is 0 Å². The maximum atomic E-state index is 8.07. The van der Waals surface area contributed by atoms with Crippen LogP contribution in [0.25, 0.3) is 10.4 Å². The molecule has 0 aliphatic rings. The molecule has 0 N–H and O–H groups in total. The number of nitrogens with zero attached hydrogens (tertiary/aromatic N) is 3. The van der Waals surface area contributed by atoms with Crippen molar-refractivity contribution in [3.8, 4) is 11.8 Å². The Morgan fingerprint density at radius 2 is 2.06 bits per heavy atom. The van der Waals surface area contributed by atoms with Crippen LogP contribution in [0.2, 0.25) is 0 Å². The summed E-state index contributed by atoms with van der Waals surface area (Å²) in [6, 6.07) is 8.29. The van der Waals surface area contributed by atoms with Gasteiger partial charge >= 0.3 is 0 Å². The van der Waals surface area contributed by atoms with Gasteiger partial charge in [-0.2, -0.15) is 0 Å². The van der Waals surface area contributed by atoms with E-state index in [1.807, 2.05) is 12.1 Å². The van der Waals surface area contributed by atoms with Crippen molar-refractivity contribution in [2.75, 3.05) is 6.54 Å². The molecule has 16 heavy (non-hydrogen) atoms. The molecule has 3 heteroatoms. The van der Waals surface area contributed by atoms with Crippen LogP contribution in [0.1, 0.15) is 30.9 Å². The number of rotatable bonds is 4. The lowest BCUT2D eigenvalue weighted by Crippen LogP contribution is -1.83. The van der Waals surface area contributed by atoms with E-state index in [1.54, 1.807) is 0 Å². The van der Waals surface area contributed by atoms with E-state index < -0.39 is 0 Å². The quantitative estimate of drug-likeness (QED) is 0.241. The number of hydrogen-bond donors (Lipinski definition) is 0. The van der Waals surface area contributed by atoms with Gasteiger partial charge in [-0.1, -0.05) is 42.4 Å². The van der Waals surface area contributed by atoms with Crippen LogP contribution in [-0.2, 0) is 6.42 Å². The molecule has 1 rings (SSSR count). The Bertz CT molecular complexity index is 417. The van der Waals surface area contributed by atoms with Crippen LogP contribution in [0.5, 0.6) is 0 Å². The van der Waals surface area contributed by atoms with Gasteiger partial charge in [0.15, 0.2) is 0 Å². The summed E-state index contributed by atoms with van der Waals surface area (Å²) in [6.45, 7) is 2.61. The third kappa shape index (κ3) is 4.54. The molecule has 0 fully saturated rings. The molecule has 1 aromatic carbocycles. The molecule has 0 saturated carbocycles. The summed E-state index contributed by atoms with van der Waals surface area (Å²) < 4.78 is 0. The zero-order valence-corrected chi connectivity index (χ0v) is 9.48. The highest BCUT2D eigenvalue weighted by molar-refractivity contribution is 5.36. The van der Waals surface area contributed by atoms with Gasteiger partial charge in [-0.05, 0) is 29.6 Å². The Labute approximate surface area is 96.1 Å². The van der Waals surface area contributed by atoms with Gasteiger partial charge in [-0.3, -0.25) is 0 Å². The van der Waals surface area contributed by atoms with Gasteiger partial charge in [0.1, 0.15) is 0 Å². The molecular formula is C13H15N3. The zero-order chi connectivity index (χ0) is 11.6. The third-order valence-corrected chi connectivity index (χ3v) is 2.13. The third-order valence-electron chi connectivity index (χ3n) is 2.13. The molecule has 0 aromatic heterocycles. The normalized spacial score (nSPS) is 8.81. The van der Waals surface area contributed by atoms with Crippen LogP contribution in [0.15, 0.2) is 29.4 Å². The first kappa shape index (κ1) is 12.2. The van der Waals surface area contributed by atoms with Crippen LogP contribution in [-0.4, -0.2) is 6.54 Å². The van der Waals surface area contributed by atoms with E-state index in [4.69, 9.17) is 5.53 Å². The largest absolute Gasteiger partial charge is 0.0978 e. The van der Waals surface area contributed by atoms with Crippen molar-refractivity contribution < 1.29 is 0 Å².